The van der Waals surface area contributed by atoms with Gasteiger partial charge in [-0.3, -0.25) is 4.90 Å². The van der Waals surface area contributed by atoms with Crippen LogP contribution in [-0.4, -0.2) is 18.0 Å². The molecule has 4 heteroatoms. The van der Waals surface area contributed by atoms with Gasteiger partial charge in [-0.1, -0.05) is 0 Å². The van der Waals surface area contributed by atoms with E-state index < -0.39 is 0 Å². The van der Waals surface area contributed by atoms with Crippen LogP contribution in [0.5, 0.6) is 0 Å². The summed E-state index contributed by atoms with van der Waals surface area (Å²) in [6.07, 6.45) is 2.45. The van der Waals surface area contributed by atoms with Gasteiger partial charge in [-0.2, -0.15) is 5.26 Å². The molecule has 74 valence electrons. The summed E-state index contributed by atoms with van der Waals surface area (Å²) in [5, 5.41) is 11.2. The highest BCUT2D eigenvalue weighted by Crippen LogP contribution is 2.30. The second-order valence-corrected chi connectivity index (χ2v) is 5.30. The summed E-state index contributed by atoms with van der Waals surface area (Å²) in [6, 6.07) is 4.41. The number of halogens is 1. The van der Waals surface area contributed by atoms with E-state index in [0.29, 0.717) is 0 Å². The lowest BCUT2D eigenvalue weighted by atomic mass is 10.2. The van der Waals surface area contributed by atoms with Crippen molar-refractivity contribution in [3.05, 3.63) is 20.8 Å². The predicted octanol–water partition coefficient (Wildman–Crippen LogP) is 3.17. The monoisotopic (exact) mass is 270 g/mol. The van der Waals surface area contributed by atoms with E-state index in [0.717, 1.165) is 22.4 Å². The van der Waals surface area contributed by atoms with E-state index in [2.05, 4.69) is 33.0 Å². The van der Waals surface area contributed by atoms with Crippen LogP contribution < -0.4 is 0 Å². The number of thiophene rings is 1. The van der Waals surface area contributed by atoms with E-state index in [1.54, 1.807) is 11.3 Å². The third kappa shape index (κ3) is 2.00. The third-order valence-corrected chi connectivity index (χ3v) is 4.23. The van der Waals surface area contributed by atoms with Crippen molar-refractivity contribution in [1.82, 2.24) is 4.90 Å². The Bertz CT molecular complexity index is 349. The predicted molar refractivity (Wildman–Crippen MR) is 61.2 cm³/mol. The van der Waals surface area contributed by atoms with Crippen LogP contribution in [0.25, 0.3) is 0 Å². The number of likely N-dealkylation sites (tertiary alicyclic amines) is 1. The zero-order chi connectivity index (χ0) is 9.97. The van der Waals surface area contributed by atoms with Crippen LogP contribution in [0.15, 0.2) is 15.9 Å². The second-order valence-electron chi connectivity index (χ2n) is 3.44. The van der Waals surface area contributed by atoms with E-state index >= 15 is 0 Å². The van der Waals surface area contributed by atoms with Crippen LogP contribution in [0.1, 0.15) is 23.8 Å². The van der Waals surface area contributed by atoms with Crippen molar-refractivity contribution in [1.29, 1.82) is 5.26 Å². The summed E-state index contributed by atoms with van der Waals surface area (Å²) in [5.74, 6) is 0. The van der Waals surface area contributed by atoms with Gasteiger partial charge in [-0.15, -0.1) is 11.3 Å². The Hall–Kier alpha value is -0.370. The Labute approximate surface area is 96.3 Å². The summed E-state index contributed by atoms with van der Waals surface area (Å²) >= 11 is 5.08. The Morgan fingerprint density at radius 2 is 2.21 bits per heavy atom. The Balaban J connectivity index is 2.17. The highest BCUT2D eigenvalue weighted by molar-refractivity contribution is 9.10. The minimum atomic E-state index is -0.0335. The van der Waals surface area contributed by atoms with Crippen LogP contribution in [-0.2, 0) is 0 Å². The smallest absolute Gasteiger partial charge is 0.133 e. The van der Waals surface area contributed by atoms with Crippen molar-refractivity contribution in [2.24, 2.45) is 0 Å². The molecule has 1 aliphatic heterocycles. The summed E-state index contributed by atoms with van der Waals surface area (Å²) in [5.41, 5.74) is 0. The van der Waals surface area contributed by atoms with Gasteiger partial charge in [0.05, 0.1) is 6.07 Å². The van der Waals surface area contributed by atoms with Gasteiger partial charge in [0.15, 0.2) is 0 Å². The van der Waals surface area contributed by atoms with Crippen molar-refractivity contribution in [2.45, 2.75) is 18.9 Å². The fraction of sp³-hybridized carbons (Fsp3) is 0.500. The van der Waals surface area contributed by atoms with Crippen molar-refractivity contribution < 1.29 is 0 Å². The summed E-state index contributed by atoms with van der Waals surface area (Å²) in [6.45, 7) is 2.13. The van der Waals surface area contributed by atoms with Crippen molar-refractivity contribution in [3.63, 3.8) is 0 Å². The minimum Gasteiger partial charge on any atom is -0.284 e. The van der Waals surface area contributed by atoms with E-state index in [1.165, 1.54) is 12.8 Å². The Morgan fingerprint density at radius 1 is 1.50 bits per heavy atom. The highest BCUT2D eigenvalue weighted by atomic mass is 79.9. The Kier molecular flexibility index (Phi) is 3.22. The van der Waals surface area contributed by atoms with Crippen LogP contribution >= 0.6 is 27.3 Å². The van der Waals surface area contributed by atoms with Gasteiger partial charge in [0.2, 0.25) is 0 Å². The van der Waals surface area contributed by atoms with Crippen molar-refractivity contribution in [3.8, 4) is 6.07 Å². The summed E-state index contributed by atoms with van der Waals surface area (Å²) in [4.78, 5) is 3.42. The molecule has 14 heavy (non-hydrogen) atoms. The van der Waals surface area contributed by atoms with Crippen LogP contribution in [0, 0.1) is 11.3 Å². The van der Waals surface area contributed by atoms with Gasteiger partial charge in [-0.25, -0.2) is 0 Å². The highest BCUT2D eigenvalue weighted by Gasteiger charge is 2.24. The molecule has 0 aromatic carbocycles. The van der Waals surface area contributed by atoms with E-state index in [9.17, 15) is 0 Å². The van der Waals surface area contributed by atoms with Crippen LogP contribution in [0.2, 0.25) is 0 Å². The molecule has 0 spiro atoms. The molecule has 1 saturated heterocycles. The quantitative estimate of drug-likeness (QED) is 0.826. The van der Waals surface area contributed by atoms with Crippen LogP contribution in [0.4, 0.5) is 0 Å². The first-order valence-corrected chi connectivity index (χ1v) is 6.36. The number of hydrogen-bond donors (Lipinski definition) is 0. The first kappa shape index (κ1) is 10.2. The fourth-order valence-electron chi connectivity index (χ4n) is 1.80. The maximum Gasteiger partial charge on any atom is 0.133 e. The second kappa shape index (κ2) is 4.43. The average molecular weight is 271 g/mol. The molecule has 0 amide bonds. The topological polar surface area (TPSA) is 27.0 Å². The molecule has 2 nitrogen and oxygen atoms in total. The molecule has 0 radical (unpaired) electrons. The van der Waals surface area contributed by atoms with Gasteiger partial charge in [-0.05, 0) is 47.9 Å². The van der Waals surface area contributed by atoms with Gasteiger partial charge in [0.1, 0.15) is 6.04 Å². The molecule has 1 aliphatic rings. The fourth-order valence-corrected chi connectivity index (χ4v) is 3.32. The normalized spacial score (nSPS) is 19.4. The molecule has 0 N–H and O–H groups in total. The van der Waals surface area contributed by atoms with Crippen molar-refractivity contribution >= 4 is 27.3 Å². The van der Waals surface area contributed by atoms with Gasteiger partial charge in [0.25, 0.3) is 0 Å². The molecular formula is C10H11BrN2S. The number of nitriles is 1. The maximum atomic E-state index is 9.15. The molecule has 1 fully saturated rings. The molecule has 2 rings (SSSR count). The largest absolute Gasteiger partial charge is 0.284 e. The molecule has 1 unspecified atom stereocenters. The summed E-state index contributed by atoms with van der Waals surface area (Å²) < 4.78 is 1.08. The van der Waals surface area contributed by atoms with Gasteiger partial charge >= 0.3 is 0 Å². The van der Waals surface area contributed by atoms with E-state index in [4.69, 9.17) is 5.26 Å². The van der Waals surface area contributed by atoms with Gasteiger partial charge in [0, 0.05) is 14.7 Å². The molecule has 2 heterocycles. The molecule has 0 aliphatic carbocycles. The number of rotatable bonds is 2. The number of hydrogen-bond acceptors (Lipinski definition) is 3. The maximum absolute atomic E-state index is 9.15. The molecule has 0 saturated carbocycles. The first-order chi connectivity index (χ1) is 6.81. The lowest BCUT2D eigenvalue weighted by molar-refractivity contribution is 0.297. The molecular weight excluding hydrogens is 260 g/mol. The standard InChI is InChI=1S/C10H11BrN2S/c11-8-5-10(14-7-8)9(6-12)13-3-1-2-4-13/h5,7,9H,1-4H2. The summed E-state index contributed by atoms with van der Waals surface area (Å²) in [7, 11) is 0. The number of nitrogens with zero attached hydrogens (tertiary/aromatic N) is 2. The molecule has 1 aromatic heterocycles. The van der Waals surface area contributed by atoms with E-state index in [-0.39, 0.29) is 6.04 Å². The van der Waals surface area contributed by atoms with Crippen LogP contribution in [0.3, 0.4) is 0 Å². The lowest BCUT2D eigenvalue weighted by Gasteiger charge is -2.19. The molecule has 1 atom stereocenters. The average Bonchev–Trinajstić information content (AvgIpc) is 2.79. The first-order valence-electron chi connectivity index (χ1n) is 4.69. The zero-order valence-electron chi connectivity index (χ0n) is 7.74. The molecule has 1 aromatic rings. The van der Waals surface area contributed by atoms with E-state index in [1.807, 2.05) is 5.38 Å². The Morgan fingerprint density at radius 3 is 2.71 bits per heavy atom. The molecule has 0 bridgehead atoms. The SMILES string of the molecule is N#CC(c1cc(Br)cs1)N1CCCC1. The minimum absolute atomic E-state index is 0.0335. The van der Waals surface area contributed by atoms with Gasteiger partial charge < -0.3 is 0 Å². The third-order valence-electron chi connectivity index (χ3n) is 2.49. The van der Waals surface area contributed by atoms with Crippen molar-refractivity contribution in [2.75, 3.05) is 13.1 Å². The lowest BCUT2D eigenvalue weighted by Crippen LogP contribution is -2.23. The zero-order valence-corrected chi connectivity index (χ0v) is 10.1.